The Labute approximate surface area is 138 Å². The first kappa shape index (κ1) is 19.1. The van der Waals surface area contributed by atoms with Crippen molar-refractivity contribution in [1.82, 2.24) is 10.6 Å². The SMILES string of the molecule is CC(NC(=O)/C(C#N)=C\NCc1ccc(S(N)(=O)=O)cc1)C(=O)O. The van der Waals surface area contributed by atoms with E-state index in [0.717, 1.165) is 6.20 Å². The van der Waals surface area contributed by atoms with Crippen molar-refractivity contribution >= 4 is 21.9 Å². The zero-order valence-corrected chi connectivity index (χ0v) is 13.5. The van der Waals surface area contributed by atoms with Gasteiger partial charge < -0.3 is 15.7 Å². The molecule has 0 radical (unpaired) electrons. The number of benzene rings is 1. The Balaban J connectivity index is 2.68. The molecule has 1 atom stereocenters. The fourth-order valence-electron chi connectivity index (χ4n) is 1.55. The summed E-state index contributed by atoms with van der Waals surface area (Å²) in [6.07, 6.45) is 1.15. The number of carboxylic acid groups (broad SMARTS) is 1. The Kier molecular flexibility index (Phi) is 6.46. The molecule has 1 unspecified atom stereocenters. The van der Waals surface area contributed by atoms with E-state index >= 15 is 0 Å². The van der Waals surface area contributed by atoms with Gasteiger partial charge in [0.25, 0.3) is 5.91 Å². The molecule has 0 heterocycles. The van der Waals surface area contributed by atoms with Crippen molar-refractivity contribution < 1.29 is 23.1 Å². The number of aliphatic carboxylic acids is 1. The lowest BCUT2D eigenvalue weighted by atomic mass is 10.2. The quantitative estimate of drug-likeness (QED) is 0.377. The average molecular weight is 352 g/mol. The van der Waals surface area contributed by atoms with Gasteiger partial charge in [0.15, 0.2) is 0 Å². The summed E-state index contributed by atoms with van der Waals surface area (Å²) in [4.78, 5) is 22.3. The molecule has 0 aliphatic heterocycles. The van der Waals surface area contributed by atoms with E-state index in [1.807, 2.05) is 0 Å². The summed E-state index contributed by atoms with van der Waals surface area (Å²) in [5.41, 5.74) is 0.402. The molecule has 1 rings (SSSR count). The van der Waals surface area contributed by atoms with Crippen molar-refractivity contribution in [3.63, 3.8) is 0 Å². The van der Waals surface area contributed by atoms with Gasteiger partial charge in [-0.15, -0.1) is 0 Å². The predicted molar refractivity (Wildman–Crippen MR) is 83.6 cm³/mol. The normalized spacial score (nSPS) is 12.8. The minimum absolute atomic E-state index is 0.0263. The van der Waals surface area contributed by atoms with Crippen molar-refractivity contribution in [2.75, 3.05) is 0 Å². The molecule has 0 aliphatic carbocycles. The minimum Gasteiger partial charge on any atom is -0.480 e. The molecule has 10 heteroatoms. The molecule has 0 bridgehead atoms. The number of rotatable bonds is 7. The molecule has 0 aromatic heterocycles. The summed E-state index contributed by atoms with van der Waals surface area (Å²) in [5.74, 6) is -2.03. The van der Waals surface area contributed by atoms with Crippen molar-refractivity contribution in [2.45, 2.75) is 24.4 Å². The molecule has 1 aromatic rings. The topological polar surface area (TPSA) is 162 Å². The second-order valence-electron chi connectivity index (χ2n) is 4.77. The van der Waals surface area contributed by atoms with E-state index in [-0.39, 0.29) is 17.0 Å². The number of primary sulfonamides is 1. The molecule has 0 saturated carbocycles. The maximum Gasteiger partial charge on any atom is 0.325 e. The van der Waals surface area contributed by atoms with Gasteiger partial charge in [0.05, 0.1) is 4.90 Å². The summed E-state index contributed by atoms with van der Waals surface area (Å²) in [6.45, 7) is 1.49. The van der Waals surface area contributed by atoms with Crippen molar-refractivity contribution in [3.05, 3.63) is 41.6 Å². The molecule has 1 aromatic carbocycles. The predicted octanol–water partition coefficient (Wildman–Crippen LogP) is -0.580. The highest BCUT2D eigenvalue weighted by Gasteiger charge is 2.16. The highest BCUT2D eigenvalue weighted by molar-refractivity contribution is 7.89. The number of sulfonamides is 1. The second-order valence-corrected chi connectivity index (χ2v) is 6.33. The molecule has 128 valence electrons. The van der Waals surface area contributed by atoms with Crippen LogP contribution in [0.15, 0.2) is 40.9 Å². The van der Waals surface area contributed by atoms with Crippen LogP contribution in [0.25, 0.3) is 0 Å². The zero-order valence-electron chi connectivity index (χ0n) is 12.7. The van der Waals surface area contributed by atoms with E-state index in [2.05, 4.69) is 10.6 Å². The van der Waals surface area contributed by atoms with E-state index in [0.29, 0.717) is 5.56 Å². The number of nitriles is 1. The summed E-state index contributed by atoms with van der Waals surface area (Å²) in [7, 11) is -3.76. The van der Waals surface area contributed by atoms with E-state index in [1.54, 1.807) is 6.07 Å². The van der Waals surface area contributed by atoms with Gasteiger partial charge >= 0.3 is 5.97 Å². The number of amides is 1. The van der Waals surface area contributed by atoms with Crippen LogP contribution in [0.3, 0.4) is 0 Å². The highest BCUT2D eigenvalue weighted by atomic mass is 32.2. The fourth-order valence-corrected chi connectivity index (χ4v) is 2.07. The Morgan fingerprint density at radius 2 is 1.96 bits per heavy atom. The molecular formula is C14H16N4O5S. The van der Waals surface area contributed by atoms with E-state index in [4.69, 9.17) is 15.5 Å². The van der Waals surface area contributed by atoms with Gasteiger partial charge in [-0.05, 0) is 24.6 Å². The van der Waals surface area contributed by atoms with Crippen molar-refractivity contribution in [2.24, 2.45) is 5.14 Å². The van der Waals surface area contributed by atoms with Crippen LogP contribution in [-0.2, 0) is 26.2 Å². The zero-order chi connectivity index (χ0) is 18.3. The number of carbonyl (C=O) groups is 2. The largest absolute Gasteiger partial charge is 0.480 e. The van der Waals surface area contributed by atoms with Crippen LogP contribution in [0.5, 0.6) is 0 Å². The van der Waals surface area contributed by atoms with Gasteiger partial charge in [-0.25, -0.2) is 13.6 Å². The number of nitrogens with one attached hydrogen (secondary N) is 2. The third-order valence-electron chi connectivity index (χ3n) is 2.89. The first-order chi connectivity index (χ1) is 11.1. The number of carbonyl (C=O) groups excluding carboxylic acids is 1. The summed E-state index contributed by atoms with van der Waals surface area (Å²) in [6, 6.07) is 6.26. The highest BCUT2D eigenvalue weighted by Crippen LogP contribution is 2.08. The van der Waals surface area contributed by atoms with E-state index in [9.17, 15) is 18.0 Å². The first-order valence-electron chi connectivity index (χ1n) is 6.64. The Morgan fingerprint density at radius 1 is 1.38 bits per heavy atom. The van der Waals surface area contributed by atoms with Crippen LogP contribution < -0.4 is 15.8 Å². The Bertz CT molecular complexity index is 793. The third-order valence-corrected chi connectivity index (χ3v) is 3.82. The van der Waals surface area contributed by atoms with Gasteiger partial charge in [-0.2, -0.15) is 5.26 Å². The molecule has 0 aliphatic rings. The van der Waals surface area contributed by atoms with Gasteiger partial charge in [-0.1, -0.05) is 12.1 Å². The fraction of sp³-hybridized carbons (Fsp3) is 0.214. The lowest BCUT2D eigenvalue weighted by Gasteiger charge is -2.08. The molecule has 9 nitrogen and oxygen atoms in total. The number of carboxylic acids is 1. The maximum atomic E-state index is 11.7. The van der Waals surface area contributed by atoms with E-state index < -0.39 is 27.9 Å². The number of hydrogen-bond acceptors (Lipinski definition) is 6. The summed E-state index contributed by atoms with van der Waals surface area (Å²) in [5, 5.41) is 27.5. The van der Waals surface area contributed by atoms with Crippen molar-refractivity contribution in [1.29, 1.82) is 5.26 Å². The lowest BCUT2D eigenvalue weighted by Crippen LogP contribution is -2.39. The summed E-state index contributed by atoms with van der Waals surface area (Å²) >= 11 is 0. The molecule has 0 saturated heterocycles. The molecule has 0 fully saturated rings. The lowest BCUT2D eigenvalue weighted by molar-refractivity contribution is -0.140. The van der Waals surface area contributed by atoms with Gasteiger partial charge in [-0.3, -0.25) is 9.59 Å². The van der Waals surface area contributed by atoms with Gasteiger partial charge in [0.1, 0.15) is 17.7 Å². The molecule has 24 heavy (non-hydrogen) atoms. The van der Waals surface area contributed by atoms with Gasteiger partial charge in [0, 0.05) is 12.7 Å². The van der Waals surface area contributed by atoms with Crippen LogP contribution in [0.2, 0.25) is 0 Å². The summed E-state index contributed by atoms with van der Waals surface area (Å²) < 4.78 is 22.3. The Hall–Kier alpha value is -2.90. The standard InChI is InChI=1S/C14H16N4O5S/c1-9(14(20)21)18-13(19)11(6-15)8-17-7-10-2-4-12(5-3-10)24(16,22)23/h2-5,8-9,17H,7H2,1H3,(H,18,19)(H,20,21)(H2,16,22,23)/b11-8-. The monoisotopic (exact) mass is 352 g/mol. The van der Waals surface area contributed by atoms with Crippen LogP contribution in [-0.4, -0.2) is 31.4 Å². The maximum absolute atomic E-state index is 11.7. The molecule has 1 amide bonds. The van der Waals surface area contributed by atoms with Crippen LogP contribution in [0, 0.1) is 11.3 Å². The molecule has 5 N–H and O–H groups in total. The molecular weight excluding hydrogens is 336 g/mol. The molecule has 0 spiro atoms. The Morgan fingerprint density at radius 3 is 2.42 bits per heavy atom. The minimum atomic E-state index is -3.76. The second kappa shape index (κ2) is 8.09. The smallest absolute Gasteiger partial charge is 0.325 e. The number of nitrogens with zero attached hydrogens (tertiary/aromatic N) is 1. The average Bonchev–Trinajstić information content (AvgIpc) is 2.50. The van der Waals surface area contributed by atoms with Crippen LogP contribution >= 0.6 is 0 Å². The number of nitrogens with two attached hydrogens (primary N) is 1. The van der Waals surface area contributed by atoms with Gasteiger partial charge in [0.2, 0.25) is 10.0 Å². The first-order valence-corrected chi connectivity index (χ1v) is 8.19. The van der Waals surface area contributed by atoms with Crippen LogP contribution in [0.4, 0.5) is 0 Å². The van der Waals surface area contributed by atoms with E-state index in [1.165, 1.54) is 31.2 Å². The van der Waals surface area contributed by atoms with Crippen molar-refractivity contribution in [3.8, 4) is 6.07 Å². The third kappa shape index (κ3) is 5.71. The number of hydrogen-bond donors (Lipinski definition) is 4. The van der Waals surface area contributed by atoms with Crippen LogP contribution in [0.1, 0.15) is 12.5 Å².